The lowest BCUT2D eigenvalue weighted by atomic mass is 10.0. The largest absolute Gasteiger partial charge is 0.441 e. The van der Waals surface area contributed by atoms with Gasteiger partial charge in [-0.2, -0.15) is 0 Å². The normalized spacial score (nSPS) is 16.6. The number of benzene rings is 2. The summed E-state index contributed by atoms with van der Waals surface area (Å²) < 4.78 is 5.76. The van der Waals surface area contributed by atoms with E-state index in [-0.39, 0.29) is 11.6 Å². The summed E-state index contributed by atoms with van der Waals surface area (Å²) in [5.41, 5.74) is 1.78. The third kappa shape index (κ3) is 4.05. The summed E-state index contributed by atoms with van der Waals surface area (Å²) in [6.45, 7) is 5.78. The lowest BCUT2D eigenvalue weighted by Crippen LogP contribution is -2.41. The maximum atomic E-state index is 12.3. The number of hydrogen-bond acceptors (Lipinski definition) is 3. The Morgan fingerprint density at radius 1 is 1.21 bits per heavy atom. The Bertz CT molecular complexity index is 770. The van der Waals surface area contributed by atoms with Gasteiger partial charge in [-0.1, -0.05) is 41.6 Å². The third-order valence-corrected chi connectivity index (χ3v) is 5.09. The van der Waals surface area contributed by atoms with E-state index in [0.29, 0.717) is 11.4 Å². The van der Waals surface area contributed by atoms with Crippen LogP contribution in [-0.4, -0.2) is 11.6 Å². The first-order valence-electron chi connectivity index (χ1n) is 7.86. The minimum Gasteiger partial charge on any atom is -0.441 e. The van der Waals surface area contributed by atoms with E-state index in [4.69, 9.17) is 16.3 Å². The quantitative estimate of drug-likeness (QED) is 0.717. The van der Waals surface area contributed by atoms with Crippen LogP contribution in [-0.2, 0) is 11.2 Å². The average molecular weight is 362 g/mol. The van der Waals surface area contributed by atoms with E-state index < -0.39 is 6.09 Å². The fourth-order valence-corrected chi connectivity index (χ4v) is 3.92. The van der Waals surface area contributed by atoms with Crippen molar-refractivity contribution in [3.05, 3.63) is 58.6 Å². The van der Waals surface area contributed by atoms with E-state index in [2.05, 4.69) is 17.4 Å². The second kappa shape index (κ2) is 6.69. The highest BCUT2D eigenvalue weighted by atomic mass is 35.5. The van der Waals surface area contributed by atoms with Gasteiger partial charge in [-0.3, -0.25) is 0 Å². The molecule has 1 aliphatic heterocycles. The lowest BCUT2D eigenvalue weighted by Gasteiger charge is -2.24. The number of hydrogen-bond donors (Lipinski definition) is 1. The molecule has 2 aromatic rings. The number of carbonyl (C=O) groups is 1. The van der Waals surface area contributed by atoms with Crippen molar-refractivity contribution in [2.75, 3.05) is 0 Å². The Morgan fingerprint density at radius 3 is 2.71 bits per heavy atom. The summed E-state index contributed by atoms with van der Waals surface area (Å²) in [5, 5.41) is 3.50. The number of halogens is 1. The van der Waals surface area contributed by atoms with Crippen LogP contribution in [0.3, 0.4) is 0 Å². The topological polar surface area (TPSA) is 38.3 Å². The van der Waals surface area contributed by atoms with Gasteiger partial charge < -0.3 is 10.1 Å². The van der Waals surface area contributed by atoms with Gasteiger partial charge in [0.1, 0.15) is 6.10 Å². The Labute approximate surface area is 151 Å². The number of fused-ring (bicyclic) bond motifs is 2. The van der Waals surface area contributed by atoms with Gasteiger partial charge in [0.05, 0.1) is 0 Å². The molecule has 0 spiro atoms. The van der Waals surface area contributed by atoms with E-state index in [1.165, 1.54) is 10.5 Å². The van der Waals surface area contributed by atoms with Crippen LogP contribution in [0.1, 0.15) is 38.0 Å². The molecule has 0 bridgehead atoms. The Balaban J connectivity index is 1.95. The number of rotatable bonds is 1. The molecular formula is C19H20ClNO2S. The highest BCUT2D eigenvalue weighted by Gasteiger charge is 2.27. The predicted molar refractivity (Wildman–Crippen MR) is 97.8 cm³/mol. The van der Waals surface area contributed by atoms with Gasteiger partial charge in [0.25, 0.3) is 0 Å². The van der Waals surface area contributed by atoms with E-state index in [1.54, 1.807) is 11.8 Å². The summed E-state index contributed by atoms with van der Waals surface area (Å²) in [6.07, 6.45) is -0.145. The van der Waals surface area contributed by atoms with Gasteiger partial charge in [0.2, 0.25) is 0 Å². The zero-order valence-electron chi connectivity index (χ0n) is 13.9. The number of alkyl carbamates (subject to hydrolysis) is 1. The lowest BCUT2D eigenvalue weighted by molar-refractivity contribution is 0.0897. The highest BCUT2D eigenvalue weighted by molar-refractivity contribution is 7.99. The molecule has 0 saturated carbocycles. The maximum absolute atomic E-state index is 12.3. The minimum atomic E-state index is -0.414. The van der Waals surface area contributed by atoms with Crippen LogP contribution in [0.15, 0.2) is 52.3 Å². The second-order valence-corrected chi connectivity index (χ2v) is 8.39. The maximum Gasteiger partial charge on any atom is 0.408 e. The Hall–Kier alpha value is -1.65. The van der Waals surface area contributed by atoms with Crippen molar-refractivity contribution in [3.8, 4) is 0 Å². The predicted octanol–water partition coefficient (Wildman–Crippen LogP) is 5.61. The summed E-state index contributed by atoms with van der Waals surface area (Å²) in [5.74, 6) is 0. The minimum absolute atomic E-state index is 0.342. The van der Waals surface area contributed by atoms with Crippen LogP contribution in [0.4, 0.5) is 4.79 Å². The van der Waals surface area contributed by atoms with Crippen LogP contribution >= 0.6 is 23.4 Å². The molecule has 3 rings (SSSR count). The summed E-state index contributed by atoms with van der Waals surface area (Å²) in [6, 6.07) is 14.0. The second-order valence-electron chi connectivity index (χ2n) is 6.87. The molecule has 0 aliphatic carbocycles. The standard InChI is InChI=1S/C19H20ClNO2S/c1-19(2,3)21-18(22)23-15-10-12-6-4-5-7-16(12)24-17-9-8-13(20)11-14(15)17/h4-9,11,15H,10H2,1-3H3,(H,21,22). The van der Waals surface area contributed by atoms with Crippen molar-refractivity contribution in [3.63, 3.8) is 0 Å². The molecule has 1 atom stereocenters. The van der Waals surface area contributed by atoms with Crippen molar-refractivity contribution in [2.24, 2.45) is 0 Å². The molecule has 2 aromatic carbocycles. The average Bonchev–Trinajstić information content (AvgIpc) is 2.62. The molecule has 24 heavy (non-hydrogen) atoms. The molecule has 5 heteroatoms. The van der Waals surface area contributed by atoms with E-state index in [0.717, 1.165) is 10.5 Å². The van der Waals surface area contributed by atoms with Gasteiger partial charge in [0.15, 0.2) is 0 Å². The Morgan fingerprint density at radius 2 is 1.96 bits per heavy atom. The zero-order chi connectivity index (χ0) is 17.3. The van der Waals surface area contributed by atoms with Crippen molar-refractivity contribution < 1.29 is 9.53 Å². The molecule has 0 saturated heterocycles. The summed E-state index contributed by atoms with van der Waals surface area (Å²) in [7, 11) is 0. The molecule has 1 unspecified atom stereocenters. The van der Waals surface area contributed by atoms with Gasteiger partial charge >= 0.3 is 6.09 Å². The number of carbonyl (C=O) groups excluding carboxylic acids is 1. The first-order chi connectivity index (χ1) is 11.3. The molecule has 0 radical (unpaired) electrons. The van der Waals surface area contributed by atoms with Gasteiger partial charge in [-0.25, -0.2) is 4.79 Å². The van der Waals surface area contributed by atoms with Gasteiger partial charge in [-0.05, 0) is 50.6 Å². The third-order valence-electron chi connectivity index (χ3n) is 3.64. The number of ether oxygens (including phenoxy) is 1. The summed E-state index contributed by atoms with van der Waals surface area (Å²) >= 11 is 7.87. The monoisotopic (exact) mass is 361 g/mol. The molecule has 1 heterocycles. The van der Waals surface area contributed by atoms with Crippen LogP contribution in [0.5, 0.6) is 0 Å². The molecule has 3 nitrogen and oxygen atoms in total. The zero-order valence-corrected chi connectivity index (χ0v) is 15.5. The molecule has 1 amide bonds. The van der Waals surface area contributed by atoms with Crippen LogP contribution < -0.4 is 5.32 Å². The van der Waals surface area contributed by atoms with Gasteiger partial charge in [-0.15, -0.1) is 0 Å². The van der Waals surface area contributed by atoms with Crippen molar-refractivity contribution in [1.29, 1.82) is 0 Å². The number of nitrogens with one attached hydrogen (secondary N) is 1. The van der Waals surface area contributed by atoms with E-state index in [9.17, 15) is 4.79 Å². The molecule has 1 aliphatic rings. The van der Waals surface area contributed by atoms with Crippen molar-refractivity contribution in [1.82, 2.24) is 5.32 Å². The fourth-order valence-electron chi connectivity index (χ4n) is 2.63. The van der Waals surface area contributed by atoms with Crippen LogP contribution in [0, 0.1) is 0 Å². The first kappa shape index (κ1) is 17.2. The van der Waals surface area contributed by atoms with E-state index >= 15 is 0 Å². The van der Waals surface area contributed by atoms with Gasteiger partial charge in [0, 0.05) is 32.3 Å². The summed E-state index contributed by atoms with van der Waals surface area (Å²) in [4.78, 5) is 14.5. The smallest absolute Gasteiger partial charge is 0.408 e. The molecule has 0 fully saturated rings. The first-order valence-corrected chi connectivity index (χ1v) is 9.05. The van der Waals surface area contributed by atoms with Crippen molar-refractivity contribution >= 4 is 29.5 Å². The number of amides is 1. The highest BCUT2D eigenvalue weighted by Crippen LogP contribution is 2.42. The molecular weight excluding hydrogens is 342 g/mol. The van der Waals surface area contributed by atoms with Crippen molar-refractivity contribution in [2.45, 2.75) is 48.6 Å². The van der Waals surface area contributed by atoms with Crippen LogP contribution in [0.2, 0.25) is 5.02 Å². The molecule has 126 valence electrons. The molecule has 1 N–H and O–H groups in total. The fraction of sp³-hybridized carbons (Fsp3) is 0.316. The molecule has 0 aromatic heterocycles. The van der Waals surface area contributed by atoms with E-state index in [1.807, 2.05) is 51.1 Å². The SMILES string of the molecule is CC(C)(C)NC(=O)OC1Cc2ccccc2Sc2ccc(Cl)cc21. The van der Waals surface area contributed by atoms with Crippen LogP contribution in [0.25, 0.3) is 0 Å². The Kier molecular flexibility index (Phi) is 4.79.